The first-order chi connectivity index (χ1) is 11.0. The minimum atomic E-state index is -0.499. The van der Waals surface area contributed by atoms with Gasteiger partial charge < -0.3 is 15.8 Å². The van der Waals surface area contributed by atoms with Crippen molar-refractivity contribution in [3.05, 3.63) is 28.7 Å². The topological polar surface area (TPSA) is 64.3 Å². The molecular formula is C18H26BrClN2O2. The second-order valence-corrected chi connectivity index (χ2v) is 7.85. The van der Waals surface area contributed by atoms with Crippen molar-refractivity contribution in [2.45, 2.75) is 57.2 Å². The molecule has 6 heteroatoms. The molecule has 1 aromatic rings. The fourth-order valence-corrected chi connectivity index (χ4v) is 4.48. The third-order valence-electron chi connectivity index (χ3n) is 5.16. The molecule has 2 bridgehead atoms. The Morgan fingerprint density at radius 3 is 2.62 bits per heavy atom. The number of carbonyl (C=O) groups is 1. The lowest BCUT2D eigenvalue weighted by Crippen LogP contribution is -2.55. The standard InChI is InChI=1S/C18H25BrN2O2.ClH/c1-11(23-16-7-3-6-14(19)10-16)18(22)21-17-12-4-2-5-13(17)9-15(20)8-12;/h3,6-7,10-13,15,17H,2,4-5,8-9,20H2,1H3,(H,21,22);1H. The van der Waals surface area contributed by atoms with Crippen molar-refractivity contribution in [3.8, 4) is 5.75 Å². The average Bonchev–Trinajstić information content (AvgIpc) is 2.48. The number of carbonyl (C=O) groups excluding carboxylic acids is 1. The molecule has 2 aliphatic carbocycles. The molecular weight excluding hydrogens is 392 g/mol. The van der Waals surface area contributed by atoms with Crippen LogP contribution in [0, 0.1) is 11.8 Å². The summed E-state index contributed by atoms with van der Waals surface area (Å²) in [5.41, 5.74) is 6.15. The molecule has 2 fully saturated rings. The summed E-state index contributed by atoms with van der Waals surface area (Å²) < 4.78 is 6.72. The zero-order valence-corrected chi connectivity index (χ0v) is 16.3. The SMILES string of the molecule is CC(Oc1cccc(Br)c1)C(=O)NC1C2CCCC1CC(N)C2.Cl. The van der Waals surface area contributed by atoms with Crippen LogP contribution >= 0.6 is 28.3 Å². The number of nitrogens with two attached hydrogens (primary N) is 1. The van der Waals surface area contributed by atoms with E-state index >= 15 is 0 Å². The highest BCUT2D eigenvalue weighted by Gasteiger charge is 2.40. The third kappa shape index (κ3) is 4.64. The van der Waals surface area contributed by atoms with Gasteiger partial charge in [-0.05, 0) is 62.6 Å². The fraction of sp³-hybridized carbons (Fsp3) is 0.611. The number of nitrogens with one attached hydrogen (secondary N) is 1. The molecule has 0 saturated heterocycles. The molecule has 24 heavy (non-hydrogen) atoms. The monoisotopic (exact) mass is 416 g/mol. The van der Waals surface area contributed by atoms with Crippen LogP contribution in [-0.4, -0.2) is 24.1 Å². The largest absolute Gasteiger partial charge is 0.481 e. The highest BCUT2D eigenvalue weighted by atomic mass is 79.9. The van der Waals surface area contributed by atoms with Crippen molar-refractivity contribution in [2.24, 2.45) is 17.6 Å². The van der Waals surface area contributed by atoms with Gasteiger partial charge in [0.05, 0.1) is 0 Å². The van der Waals surface area contributed by atoms with Gasteiger partial charge in [0.2, 0.25) is 0 Å². The van der Waals surface area contributed by atoms with Crippen molar-refractivity contribution >= 4 is 34.2 Å². The zero-order valence-electron chi connectivity index (χ0n) is 13.9. The molecule has 0 heterocycles. The van der Waals surface area contributed by atoms with Crippen LogP contribution < -0.4 is 15.8 Å². The quantitative estimate of drug-likeness (QED) is 0.786. The van der Waals surface area contributed by atoms with Crippen LogP contribution in [0.15, 0.2) is 28.7 Å². The zero-order chi connectivity index (χ0) is 16.4. The number of halogens is 2. The van der Waals surface area contributed by atoms with E-state index in [-0.39, 0.29) is 24.4 Å². The van der Waals surface area contributed by atoms with Crippen LogP contribution in [0.2, 0.25) is 0 Å². The van der Waals surface area contributed by atoms with Gasteiger partial charge in [0, 0.05) is 16.6 Å². The van der Waals surface area contributed by atoms with E-state index in [4.69, 9.17) is 10.5 Å². The minimum absolute atomic E-state index is 0. The normalized spacial score (nSPS) is 30.0. The van der Waals surface area contributed by atoms with Crippen LogP contribution in [0.4, 0.5) is 0 Å². The number of hydrogen-bond acceptors (Lipinski definition) is 3. The first-order valence-corrected chi connectivity index (χ1v) is 9.30. The number of amides is 1. The van der Waals surface area contributed by atoms with Gasteiger partial charge in [-0.25, -0.2) is 0 Å². The van der Waals surface area contributed by atoms with Gasteiger partial charge in [-0.1, -0.05) is 28.4 Å². The number of benzene rings is 1. The maximum Gasteiger partial charge on any atom is 0.261 e. The molecule has 0 radical (unpaired) electrons. The number of ether oxygens (including phenoxy) is 1. The Kier molecular flexibility index (Phi) is 6.96. The first kappa shape index (κ1) is 19.5. The van der Waals surface area contributed by atoms with Crippen molar-refractivity contribution < 1.29 is 9.53 Å². The molecule has 1 amide bonds. The highest BCUT2D eigenvalue weighted by Crippen LogP contribution is 2.39. The van der Waals surface area contributed by atoms with Gasteiger partial charge in [-0.2, -0.15) is 0 Å². The van der Waals surface area contributed by atoms with E-state index in [0.29, 0.717) is 23.6 Å². The second-order valence-electron chi connectivity index (χ2n) is 6.93. The van der Waals surface area contributed by atoms with Gasteiger partial charge in [-0.3, -0.25) is 4.79 Å². The Hall–Kier alpha value is -0.780. The predicted molar refractivity (Wildman–Crippen MR) is 101 cm³/mol. The molecule has 2 saturated carbocycles. The van der Waals surface area contributed by atoms with E-state index in [9.17, 15) is 4.79 Å². The second kappa shape index (κ2) is 8.54. The summed E-state index contributed by atoms with van der Waals surface area (Å²) in [7, 11) is 0. The van der Waals surface area contributed by atoms with Crippen molar-refractivity contribution in [1.82, 2.24) is 5.32 Å². The summed E-state index contributed by atoms with van der Waals surface area (Å²) >= 11 is 3.41. The Balaban J connectivity index is 0.00000208. The smallest absolute Gasteiger partial charge is 0.261 e. The molecule has 0 spiro atoms. The van der Waals surface area contributed by atoms with Gasteiger partial charge in [0.15, 0.2) is 6.10 Å². The van der Waals surface area contributed by atoms with E-state index in [1.54, 1.807) is 6.92 Å². The molecule has 3 rings (SSSR count). The van der Waals surface area contributed by atoms with Crippen LogP contribution in [-0.2, 0) is 4.79 Å². The molecule has 3 unspecified atom stereocenters. The van der Waals surface area contributed by atoms with Crippen molar-refractivity contribution in [2.75, 3.05) is 0 Å². The molecule has 3 atom stereocenters. The highest BCUT2D eigenvalue weighted by molar-refractivity contribution is 9.10. The van der Waals surface area contributed by atoms with Crippen LogP contribution in [0.1, 0.15) is 39.0 Å². The molecule has 0 aromatic heterocycles. The van der Waals surface area contributed by atoms with Crippen LogP contribution in [0.25, 0.3) is 0 Å². The summed E-state index contributed by atoms with van der Waals surface area (Å²) in [6.45, 7) is 1.81. The third-order valence-corrected chi connectivity index (χ3v) is 5.66. The summed E-state index contributed by atoms with van der Waals surface area (Å²) in [4.78, 5) is 12.5. The molecule has 3 N–H and O–H groups in total. The lowest BCUT2D eigenvalue weighted by molar-refractivity contribution is -0.129. The van der Waals surface area contributed by atoms with E-state index in [1.807, 2.05) is 24.3 Å². The average molecular weight is 418 g/mol. The number of hydrogen-bond donors (Lipinski definition) is 2. The van der Waals surface area contributed by atoms with Gasteiger partial charge in [0.25, 0.3) is 5.91 Å². The van der Waals surface area contributed by atoms with Gasteiger partial charge in [0.1, 0.15) is 5.75 Å². The predicted octanol–water partition coefficient (Wildman–Crippen LogP) is 3.66. The maximum atomic E-state index is 12.5. The van der Waals surface area contributed by atoms with Gasteiger partial charge >= 0.3 is 0 Å². The molecule has 1 aromatic carbocycles. The molecule has 134 valence electrons. The minimum Gasteiger partial charge on any atom is -0.481 e. The maximum absolute atomic E-state index is 12.5. The molecule has 2 aliphatic rings. The summed E-state index contributed by atoms with van der Waals surface area (Å²) in [6.07, 6.45) is 5.18. The van der Waals surface area contributed by atoms with E-state index in [1.165, 1.54) is 19.3 Å². The van der Waals surface area contributed by atoms with E-state index < -0.39 is 6.10 Å². The van der Waals surface area contributed by atoms with E-state index in [0.717, 1.165) is 17.3 Å². The van der Waals surface area contributed by atoms with Crippen molar-refractivity contribution in [3.63, 3.8) is 0 Å². The molecule has 0 aliphatic heterocycles. The first-order valence-electron chi connectivity index (χ1n) is 8.51. The van der Waals surface area contributed by atoms with Crippen LogP contribution in [0.5, 0.6) is 5.75 Å². The number of rotatable bonds is 4. The Morgan fingerprint density at radius 1 is 1.33 bits per heavy atom. The number of fused-ring (bicyclic) bond motifs is 2. The van der Waals surface area contributed by atoms with Gasteiger partial charge in [-0.15, -0.1) is 12.4 Å². The van der Waals surface area contributed by atoms with Crippen LogP contribution in [0.3, 0.4) is 0 Å². The Morgan fingerprint density at radius 2 is 2.00 bits per heavy atom. The fourth-order valence-electron chi connectivity index (χ4n) is 4.10. The van der Waals surface area contributed by atoms with E-state index in [2.05, 4.69) is 21.2 Å². The Labute approximate surface area is 158 Å². The summed E-state index contributed by atoms with van der Waals surface area (Å²) in [5.74, 6) is 1.73. The lowest BCUT2D eigenvalue weighted by Gasteiger charge is -2.45. The summed E-state index contributed by atoms with van der Waals surface area (Å²) in [6, 6.07) is 8.14. The van der Waals surface area contributed by atoms with Crippen molar-refractivity contribution in [1.29, 1.82) is 0 Å². The summed E-state index contributed by atoms with van der Waals surface area (Å²) in [5, 5.41) is 3.24. The molecule has 4 nitrogen and oxygen atoms in total. The Bertz CT molecular complexity index is 558. The lowest BCUT2D eigenvalue weighted by atomic mass is 9.67.